The van der Waals surface area contributed by atoms with E-state index in [1.54, 1.807) is 60.7 Å². The Bertz CT molecular complexity index is 1720. The highest BCUT2D eigenvalue weighted by Crippen LogP contribution is 2.37. The fraction of sp³-hybridized carbons (Fsp3) is 0.107. The summed E-state index contributed by atoms with van der Waals surface area (Å²) in [5.41, 5.74) is 3.29. The molecule has 0 saturated heterocycles. The molecular weight excluding hydrogens is 476 g/mol. The molecule has 1 aliphatic heterocycles. The zero-order valence-corrected chi connectivity index (χ0v) is 20.2. The molecule has 1 N–H and O–H groups in total. The summed E-state index contributed by atoms with van der Waals surface area (Å²) in [6, 6.07) is 26.6. The molecule has 0 spiro atoms. The van der Waals surface area contributed by atoms with E-state index in [9.17, 15) is 13.2 Å². The molecule has 0 aliphatic carbocycles. The molecule has 6 rings (SSSR count). The van der Waals surface area contributed by atoms with Crippen LogP contribution in [0.4, 0.5) is 11.4 Å². The molecule has 4 aromatic carbocycles. The SMILES string of the molecule is Cc1ccc(S(=O)(=O)N2C[C@@H](C(=O)Nc3ccc4c(c3)oc3ccccc34)Oc3ccccc32)cc1. The largest absolute Gasteiger partial charge is 0.476 e. The minimum atomic E-state index is -3.92. The number of carbonyl (C=O) groups excluding carboxylic acids is 1. The standard InChI is InChI=1S/C28H22N2O5S/c1-18-10-13-20(14-11-18)36(32,33)30-17-27(35-25-9-5-3-7-23(25)30)28(31)29-19-12-15-22-21-6-2-4-8-24(21)34-26(22)16-19/h2-16,27H,17H2,1H3,(H,29,31)/t27-/m0/s1. The Kier molecular flexibility index (Phi) is 5.19. The van der Waals surface area contributed by atoms with Crippen LogP contribution in [0.1, 0.15) is 5.56 Å². The van der Waals surface area contributed by atoms with Crippen LogP contribution in [0.25, 0.3) is 21.9 Å². The number of hydrogen-bond donors (Lipinski definition) is 1. The van der Waals surface area contributed by atoms with E-state index in [1.807, 2.05) is 37.3 Å². The van der Waals surface area contributed by atoms with Crippen molar-refractivity contribution in [1.29, 1.82) is 0 Å². The normalized spacial score (nSPS) is 15.5. The Morgan fingerprint density at radius 1 is 0.889 bits per heavy atom. The van der Waals surface area contributed by atoms with Gasteiger partial charge in [-0.3, -0.25) is 9.10 Å². The van der Waals surface area contributed by atoms with Gasteiger partial charge in [-0.15, -0.1) is 0 Å². The van der Waals surface area contributed by atoms with Gasteiger partial charge in [0, 0.05) is 22.5 Å². The maximum atomic E-state index is 13.5. The highest BCUT2D eigenvalue weighted by atomic mass is 32.2. The van der Waals surface area contributed by atoms with Crippen LogP contribution in [0.2, 0.25) is 0 Å². The molecule has 1 aliphatic rings. The molecule has 8 heteroatoms. The minimum Gasteiger partial charge on any atom is -0.476 e. The van der Waals surface area contributed by atoms with Crippen molar-refractivity contribution in [3.05, 3.63) is 96.6 Å². The topological polar surface area (TPSA) is 88.9 Å². The molecular formula is C28H22N2O5S. The molecule has 0 bridgehead atoms. The summed E-state index contributed by atoms with van der Waals surface area (Å²) in [7, 11) is -3.92. The number of para-hydroxylation sites is 3. The van der Waals surface area contributed by atoms with Crippen molar-refractivity contribution in [2.24, 2.45) is 0 Å². The van der Waals surface area contributed by atoms with Crippen LogP contribution in [-0.2, 0) is 14.8 Å². The number of rotatable bonds is 4. The highest BCUT2D eigenvalue weighted by Gasteiger charge is 2.37. The lowest BCUT2D eigenvalue weighted by Gasteiger charge is -2.34. The van der Waals surface area contributed by atoms with Crippen molar-refractivity contribution >= 4 is 49.2 Å². The molecule has 1 aromatic heterocycles. The fourth-order valence-electron chi connectivity index (χ4n) is 4.43. The molecule has 7 nitrogen and oxygen atoms in total. The van der Waals surface area contributed by atoms with E-state index in [2.05, 4.69) is 5.32 Å². The van der Waals surface area contributed by atoms with E-state index in [-0.39, 0.29) is 11.4 Å². The van der Waals surface area contributed by atoms with Crippen LogP contribution < -0.4 is 14.4 Å². The summed E-state index contributed by atoms with van der Waals surface area (Å²) in [5, 5.41) is 4.79. The number of anilines is 2. The predicted octanol–water partition coefficient (Wildman–Crippen LogP) is 5.49. The molecule has 0 saturated carbocycles. The van der Waals surface area contributed by atoms with Gasteiger partial charge in [-0.05, 0) is 49.4 Å². The average molecular weight is 499 g/mol. The van der Waals surface area contributed by atoms with E-state index in [0.717, 1.165) is 21.9 Å². The minimum absolute atomic E-state index is 0.152. The lowest BCUT2D eigenvalue weighted by atomic mass is 10.1. The number of fused-ring (bicyclic) bond motifs is 4. The zero-order chi connectivity index (χ0) is 24.9. The Morgan fingerprint density at radius 3 is 2.44 bits per heavy atom. The van der Waals surface area contributed by atoms with E-state index in [4.69, 9.17) is 9.15 Å². The van der Waals surface area contributed by atoms with E-state index in [1.165, 1.54) is 4.31 Å². The molecule has 36 heavy (non-hydrogen) atoms. The molecule has 5 aromatic rings. The van der Waals surface area contributed by atoms with Crippen molar-refractivity contribution in [2.45, 2.75) is 17.9 Å². The predicted molar refractivity (Wildman–Crippen MR) is 139 cm³/mol. The summed E-state index contributed by atoms with van der Waals surface area (Å²) < 4.78 is 40.2. The first kappa shape index (κ1) is 22.2. The second-order valence-corrected chi connectivity index (χ2v) is 10.6. The third-order valence-electron chi connectivity index (χ3n) is 6.28. The van der Waals surface area contributed by atoms with Gasteiger partial charge in [-0.1, -0.05) is 48.0 Å². The quantitative estimate of drug-likeness (QED) is 0.354. The Morgan fingerprint density at radius 2 is 1.61 bits per heavy atom. The van der Waals surface area contributed by atoms with Gasteiger partial charge in [0.25, 0.3) is 15.9 Å². The van der Waals surface area contributed by atoms with Gasteiger partial charge >= 0.3 is 0 Å². The van der Waals surface area contributed by atoms with E-state index >= 15 is 0 Å². The average Bonchev–Trinajstić information content (AvgIpc) is 3.26. The number of hydrogen-bond acceptors (Lipinski definition) is 5. The number of ether oxygens (including phenoxy) is 1. The first-order valence-electron chi connectivity index (χ1n) is 11.5. The molecule has 0 fully saturated rings. The van der Waals surface area contributed by atoms with Crippen molar-refractivity contribution in [1.82, 2.24) is 0 Å². The second-order valence-electron chi connectivity index (χ2n) is 8.72. The third-order valence-corrected chi connectivity index (χ3v) is 8.08. The van der Waals surface area contributed by atoms with Gasteiger partial charge in [0.2, 0.25) is 0 Å². The third kappa shape index (κ3) is 3.76. The van der Waals surface area contributed by atoms with E-state index < -0.39 is 22.0 Å². The molecule has 180 valence electrons. The van der Waals surface area contributed by atoms with Crippen LogP contribution in [0, 0.1) is 6.92 Å². The number of carbonyl (C=O) groups is 1. The second kappa shape index (κ2) is 8.42. The van der Waals surface area contributed by atoms with Gasteiger partial charge in [-0.25, -0.2) is 8.42 Å². The lowest BCUT2D eigenvalue weighted by Crippen LogP contribution is -2.48. The molecule has 2 heterocycles. The summed E-state index contributed by atoms with van der Waals surface area (Å²) in [4.78, 5) is 13.4. The summed E-state index contributed by atoms with van der Waals surface area (Å²) in [6.45, 7) is 1.73. The van der Waals surface area contributed by atoms with Crippen LogP contribution in [0.5, 0.6) is 5.75 Å². The zero-order valence-electron chi connectivity index (χ0n) is 19.3. The number of amides is 1. The summed E-state index contributed by atoms with van der Waals surface area (Å²) in [6.07, 6.45) is -1.05. The number of sulfonamides is 1. The van der Waals surface area contributed by atoms with Crippen molar-refractivity contribution in [3.63, 3.8) is 0 Å². The lowest BCUT2D eigenvalue weighted by molar-refractivity contribution is -0.122. The first-order chi connectivity index (χ1) is 17.4. The smallest absolute Gasteiger partial charge is 0.267 e. The fourth-order valence-corrected chi connectivity index (χ4v) is 5.91. The molecule has 1 atom stereocenters. The summed E-state index contributed by atoms with van der Waals surface area (Å²) >= 11 is 0. The van der Waals surface area contributed by atoms with Gasteiger partial charge in [-0.2, -0.15) is 0 Å². The van der Waals surface area contributed by atoms with Crippen molar-refractivity contribution in [2.75, 3.05) is 16.2 Å². The van der Waals surface area contributed by atoms with Gasteiger partial charge in [0.05, 0.1) is 17.1 Å². The number of nitrogens with zero attached hydrogens (tertiary/aromatic N) is 1. The van der Waals surface area contributed by atoms with Crippen molar-refractivity contribution < 1.29 is 22.4 Å². The van der Waals surface area contributed by atoms with Gasteiger partial charge in [0.1, 0.15) is 16.9 Å². The number of aryl methyl sites for hydroxylation is 1. The maximum absolute atomic E-state index is 13.5. The Balaban J connectivity index is 1.30. The molecule has 0 unspecified atom stereocenters. The van der Waals surface area contributed by atoms with Crippen LogP contribution in [0.3, 0.4) is 0 Å². The maximum Gasteiger partial charge on any atom is 0.267 e. The van der Waals surface area contributed by atoms with E-state index in [0.29, 0.717) is 22.7 Å². The molecule has 1 amide bonds. The first-order valence-corrected chi connectivity index (χ1v) is 12.9. The number of benzene rings is 4. The van der Waals surface area contributed by atoms with Crippen molar-refractivity contribution in [3.8, 4) is 5.75 Å². The number of furan rings is 1. The monoisotopic (exact) mass is 498 g/mol. The Labute approximate surface area is 208 Å². The Hall–Kier alpha value is -4.30. The van der Waals surface area contributed by atoms with Crippen LogP contribution in [0.15, 0.2) is 100 Å². The number of nitrogens with one attached hydrogen (secondary N) is 1. The van der Waals surface area contributed by atoms with Gasteiger partial charge < -0.3 is 14.5 Å². The van der Waals surface area contributed by atoms with Crippen LogP contribution in [-0.4, -0.2) is 27.0 Å². The summed E-state index contributed by atoms with van der Waals surface area (Å²) in [5.74, 6) is -0.128. The van der Waals surface area contributed by atoms with Crippen LogP contribution >= 0.6 is 0 Å². The molecule has 0 radical (unpaired) electrons. The van der Waals surface area contributed by atoms with Gasteiger partial charge in [0.15, 0.2) is 6.10 Å². The highest BCUT2D eigenvalue weighted by molar-refractivity contribution is 7.92.